The molecule has 18 heavy (non-hydrogen) atoms. The van der Waals surface area contributed by atoms with Crippen molar-refractivity contribution in [3.8, 4) is 18.1 Å². The second kappa shape index (κ2) is 6.82. The first-order valence-corrected chi connectivity index (χ1v) is 6.00. The van der Waals surface area contributed by atoms with Gasteiger partial charge < -0.3 is 10.1 Å². The van der Waals surface area contributed by atoms with E-state index in [-0.39, 0.29) is 12.5 Å². The number of nitrogens with one attached hydrogen (secondary N) is 1. The van der Waals surface area contributed by atoms with E-state index in [0.717, 1.165) is 0 Å². The number of halogens is 1. The first-order chi connectivity index (χ1) is 8.58. The Morgan fingerprint density at radius 1 is 1.67 bits per heavy atom. The number of carbonyl (C=O) groups is 2. The van der Waals surface area contributed by atoms with Crippen molar-refractivity contribution in [2.45, 2.75) is 13.0 Å². The maximum absolute atomic E-state index is 11.5. The third-order valence-electron chi connectivity index (χ3n) is 2.14. The van der Waals surface area contributed by atoms with Gasteiger partial charge in [-0.05, 0) is 25.1 Å². The first-order valence-electron chi connectivity index (χ1n) is 5.21. The van der Waals surface area contributed by atoms with Gasteiger partial charge in [-0.3, -0.25) is 9.59 Å². The van der Waals surface area contributed by atoms with E-state index in [2.05, 4.69) is 27.2 Å². The summed E-state index contributed by atoms with van der Waals surface area (Å²) in [5, 5.41) is 2.51. The summed E-state index contributed by atoms with van der Waals surface area (Å²) in [5.41, 5.74) is 0.462. The third-order valence-corrected chi connectivity index (χ3v) is 2.86. The minimum Gasteiger partial charge on any atom is -0.481 e. The van der Waals surface area contributed by atoms with Gasteiger partial charge in [-0.2, -0.15) is 0 Å². The molecule has 0 aliphatic heterocycles. The third kappa shape index (κ3) is 3.90. The van der Waals surface area contributed by atoms with Gasteiger partial charge in [-0.25, -0.2) is 0 Å². The Morgan fingerprint density at radius 2 is 2.39 bits per heavy atom. The predicted octanol–water partition coefficient (Wildman–Crippen LogP) is 1.78. The molecule has 0 heterocycles. The average Bonchev–Trinajstić information content (AvgIpc) is 2.37. The molecular formula is C13H12BrNO3. The number of hydrogen-bond acceptors (Lipinski definition) is 3. The topological polar surface area (TPSA) is 55.4 Å². The SMILES string of the molecule is C#CCNC(=O)C(C)Oc1ccc(Br)c(C=O)c1. The summed E-state index contributed by atoms with van der Waals surface area (Å²) >= 11 is 3.23. The van der Waals surface area contributed by atoms with E-state index in [9.17, 15) is 9.59 Å². The van der Waals surface area contributed by atoms with Crippen LogP contribution in [-0.4, -0.2) is 24.8 Å². The Bertz CT molecular complexity index is 493. The van der Waals surface area contributed by atoms with Gasteiger partial charge in [0, 0.05) is 10.0 Å². The predicted molar refractivity (Wildman–Crippen MR) is 71.5 cm³/mol. The van der Waals surface area contributed by atoms with Gasteiger partial charge in [0.25, 0.3) is 5.91 Å². The molecule has 0 saturated carbocycles. The fourth-order valence-corrected chi connectivity index (χ4v) is 1.57. The van der Waals surface area contributed by atoms with Gasteiger partial charge >= 0.3 is 0 Å². The highest BCUT2D eigenvalue weighted by molar-refractivity contribution is 9.10. The van der Waals surface area contributed by atoms with E-state index in [1.807, 2.05) is 0 Å². The molecule has 1 unspecified atom stereocenters. The quantitative estimate of drug-likeness (QED) is 0.666. The second-order valence-electron chi connectivity index (χ2n) is 3.48. The number of benzene rings is 1. The average molecular weight is 310 g/mol. The van der Waals surface area contributed by atoms with Crippen LogP contribution in [0.25, 0.3) is 0 Å². The lowest BCUT2D eigenvalue weighted by atomic mass is 10.2. The van der Waals surface area contributed by atoms with Crippen molar-refractivity contribution >= 4 is 28.1 Å². The lowest BCUT2D eigenvalue weighted by Crippen LogP contribution is -2.36. The van der Waals surface area contributed by atoms with E-state index in [0.29, 0.717) is 22.1 Å². The normalized spacial score (nSPS) is 11.2. The zero-order valence-corrected chi connectivity index (χ0v) is 11.4. The molecule has 1 atom stereocenters. The van der Waals surface area contributed by atoms with Gasteiger partial charge in [-0.15, -0.1) is 6.42 Å². The molecule has 1 aromatic rings. The van der Waals surface area contributed by atoms with Crippen LogP contribution in [0.2, 0.25) is 0 Å². The van der Waals surface area contributed by atoms with Crippen LogP contribution in [0.4, 0.5) is 0 Å². The van der Waals surface area contributed by atoms with Crippen molar-refractivity contribution in [2.75, 3.05) is 6.54 Å². The maximum Gasteiger partial charge on any atom is 0.261 e. The van der Waals surface area contributed by atoms with Crippen molar-refractivity contribution < 1.29 is 14.3 Å². The molecule has 1 N–H and O–H groups in total. The van der Waals surface area contributed by atoms with Crippen LogP contribution in [0, 0.1) is 12.3 Å². The van der Waals surface area contributed by atoms with Crippen LogP contribution in [0.1, 0.15) is 17.3 Å². The lowest BCUT2D eigenvalue weighted by Gasteiger charge is -2.14. The Morgan fingerprint density at radius 3 is 3.00 bits per heavy atom. The zero-order chi connectivity index (χ0) is 13.5. The number of rotatable bonds is 5. The summed E-state index contributed by atoms with van der Waals surface area (Å²) in [4.78, 5) is 22.3. The molecule has 0 aromatic heterocycles. The summed E-state index contributed by atoms with van der Waals surface area (Å²) in [6.45, 7) is 1.76. The Labute approximate surface area is 114 Å². The zero-order valence-electron chi connectivity index (χ0n) is 9.77. The van der Waals surface area contributed by atoms with Crippen molar-refractivity contribution in [3.05, 3.63) is 28.2 Å². The fourth-order valence-electron chi connectivity index (χ4n) is 1.22. The minimum atomic E-state index is -0.681. The van der Waals surface area contributed by atoms with Crippen molar-refractivity contribution in [1.29, 1.82) is 0 Å². The van der Waals surface area contributed by atoms with E-state index in [1.54, 1.807) is 25.1 Å². The highest BCUT2D eigenvalue weighted by Crippen LogP contribution is 2.21. The van der Waals surface area contributed by atoms with Gasteiger partial charge in [0.05, 0.1) is 6.54 Å². The van der Waals surface area contributed by atoms with Crippen LogP contribution in [0.5, 0.6) is 5.75 Å². The molecule has 94 valence electrons. The number of ether oxygens (including phenoxy) is 1. The highest BCUT2D eigenvalue weighted by atomic mass is 79.9. The van der Waals surface area contributed by atoms with Gasteiger partial charge in [0.15, 0.2) is 12.4 Å². The molecule has 0 spiro atoms. The molecule has 1 rings (SSSR count). The molecule has 0 aliphatic rings. The lowest BCUT2D eigenvalue weighted by molar-refractivity contribution is -0.126. The molecule has 0 aliphatic carbocycles. The van der Waals surface area contributed by atoms with Crippen LogP contribution in [-0.2, 0) is 4.79 Å². The summed E-state index contributed by atoms with van der Waals surface area (Å²) in [5.74, 6) is 2.45. The standard InChI is InChI=1S/C13H12BrNO3/c1-3-6-15-13(17)9(2)18-11-4-5-12(14)10(7-11)8-16/h1,4-5,7-9H,6H2,2H3,(H,15,17). The van der Waals surface area contributed by atoms with E-state index in [1.165, 1.54) is 0 Å². The van der Waals surface area contributed by atoms with Crippen molar-refractivity contribution in [3.63, 3.8) is 0 Å². The molecule has 0 saturated heterocycles. The molecule has 0 fully saturated rings. The van der Waals surface area contributed by atoms with Gasteiger partial charge in [0.1, 0.15) is 5.75 Å². The molecule has 0 bridgehead atoms. The minimum absolute atomic E-state index is 0.159. The smallest absolute Gasteiger partial charge is 0.261 e. The Hall–Kier alpha value is -1.80. The van der Waals surface area contributed by atoms with Gasteiger partial charge in [0.2, 0.25) is 0 Å². The molecule has 1 amide bonds. The van der Waals surface area contributed by atoms with Crippen molar-refractivity contribution in [2.24, 2.45) is 0 Å². The van der Waals surface area contributed by atoms with Crippen molar-refractivity contribution in [1.82, 2.24) is 5.32 Å². The van der Waals surface area contributed by atoms with E-state index in [4.69, 9.17) is 11.2 Å². The molecule has 4 nitrogen and oxygen atoms in total. The second-order valence-corrected chi connectivity index (χ2v) is 4.34. The van der Waals surface area contributed by atoms with Crippen LogP contribution < -0.4 is 10.1 Å². The van der Waals surface area contributed by atoms with E-state index >= 15 is 0 Å². The van der Waals surface area contributed by atoms with Crippen LogP contribution in [0.3, 0.4) is 0 Å². The molecular weight excluding hydrogens is 298 g/mol. The largest absolute Gasteiger partial charge is 0.481 e. The summed E-state index contributed by atoms with van der Waals surface area (Å²) in [7, 11) is 0. The summed E-state index contributed by atoms with van der Waals surface area (Å²) in [6.07, 6.45) is 5.06. The number of carbonyl (C=O) groups excluding carboxylic acids is 2. The molecule has 1 aromatic carbocycles. The first kappa shape index (κ1) is 14.3. The van der Waals surface area contributed by atoms with Gasteiger partial charge in [-0.1, -0.05) is 21.9 Å². The number of amides is 1. The Balaban J connectivity index is 2.70. The maximum atomic E-state index is 11.5. The van der Waals surface area contributed by atoms with Crippen LogP contribution >= 0.6 is 15.9 Å². The molecule has 5 heteroatoms. The fraction of sp³-hybridized carbons (Fsp3) is 0.231. The Kier molecular flexibility index (Phi) is 5.40. The summed E-state index contributed by atoms with van der Waals surface area (Å²) < 4.78 is 6.09. The number of terminal acetylenes is 1. The monoisotopic (exact) mass is 309 g/mol. The summed E-state index contributed by atoms with van der Waals surface area (Å²) in [6, 6.07) is 4.91. The van der Waals surface area contributed by atoms with Crippen LogP contribution in [0.15, 0.2) is 22.7 Å². The van der Waals surface area contributed by atoms with E-state index < -0.39 is 6.10 Å². The number of aldehydes is 1. The molecule has 0 radical (unpaired) electrons. The number of hydrogen-bond donors (Lipinski definition) is 1. The highest BCUT2D eigenvalue weighted by Gasteiger charge is 2.14.